The fourth-order valence-corrected chi connectivity index (χ4v) is 2.73. The molecular formula is C17H23ClN4O. The lowest BCUT2D eigenvalue weighted by Crippen LogP contribution is -2.43. The molecule has 0 unspecified atom stereocenters. The lowest BCUT2D eigenvalue weighted by Gasteiger charge is -2.26. The zero-order chi connectivity index (χ0) is 17.0. The molecule has 1 atom stereocenters. The van der Waals surface area contributed by atoms with Crippen LogP contribution in [0.5, 0.6) is 5.88 Å². The van der Waals surface area contributed by atoms with Gasteiger partial charge in [-0.1, -0.05) is 25.4 Å². The van der Waals surface area contributed by atoms with Crippen LogP contribution in [-0.4, -0.2) is 27.1 Å². The summed E-state index contributed by atoms with van der Waals surface area (Å²) in [5, 5.41) is 0.444. The second kappa shape index (κ2) is 7.23. The molecule has 2 aromatic rings. The maximum absolute atomic E-state index is 6.28. The number of rotatable bonds is 6. The molecule has 0 spiro atoms. The highest BCUT2D eigenvalue weighted by atomic mass is 35.5. The van der Waals surface area contributed by atoms with Gasteiger partial charge in [-0.15, -0.1) is 0 Å². The fourth-order valence-electron chi connectivity index (χ4n) is 2.51. The van der Waals surface area contributed by atoms with E-state index < -0.39 is 5.54 Å². The van der Waals surface area contributed by atoms with Crippen LogP contribution < -0.4 is 10.5 Å². The second-order valence-corrected chi connectivity index (χ2v) is 7.00. The standard InChI is InChI=1S/C17H23ClN4O/c1-11(2)7-17(4,19)9-23-16-14(18)6-13(8-20-16)15-5-12(3)21-10-22-15/h5-6,8,10-11H,7,9,19H2,1-4H3/t17-/m0/s1. The normalized spacial score (nSPS) is 13.9. The minimum absolute atomic E-state index is 0.365. The molecule has 0 aliphatic heterocycles. The smallest absolute Gasteiger partial charge is 0.232 e. The number of hydrogen-bond acceptors (Lipinski definition) is 5. The number of aryl methyl sites for hydroxylation is 1. The van der Waals surface area contributed by atoms with Crippen molar-refractivity contribution >= 4 is 11.6 Å². The quantitative estimate of drug-likeness (QED) is 0.872. The van der Waals surface area contributed by atoms with Crippen molar-refractivity contribution in [3.63, 3.8) is 0 Å². The van der Waals surface area contributed by atoms with E-state index in [0.29, 0.717) is 23.4 Å². The lowest BCUT2D eigenvalue weighted by atomic mass is 9.93. The monoisotopic (exact) mass is 334 g/mol. The highest BCUT2D eigenvalue weighted by Gasteiger charge is 2.22. The van der Waals surface area contributed by atoms with E-state index in [0.717, 1.165) is 23.4 Å². The number of ether oxygens (including phenoxy) is 1. The Labute approximate surface area is 142 Å². The summed E-state index contributed by atoms with van der Waals surface area (Å²) in [6, 6.07) is 3.68. The number of halogens is 1. The highest BCUT2D eigenvalue weighted by Crippen LogP contribution is 2.28. The molecule has 2 rings (SSSR count). The van der Waals surface area contributed by atoms with Crippen LogP contribution in [0.3, 0.4) is 0 Å². The SMILES string of the molecule is Cc1cc(-c2cnc(OC[C@@](C)(N)CC(C)C)c(Cl)c2)ncn1. The molecule has 0 radical (unpaired) electrons. The predicted octanol–water partition coefficient (Wildman–Crippen LogP) is 3.64. The van der Waals surface area contributed by atoms with Gasteiger partial charge in [0.1, 0.15) is 18.0 Å². The Morgan fingerprint density at radius 1 is 1.26 bits per heavy atom. The van der Waals surface area contributed by atoms with Crippen molar-refractivity contribution in [3.8, 4) is 17.1 Å². The van der Waals surface area contributed by atoms with Crippen molar-refractivity contribution in [1.29, 1.82) is 0 Å². The van der Waals surface area contributed by atoms with Crippen molar-refractivity contribution < 1.29 is 4.74 Å². The number of hydrogen-bond donors (Lipinski definition) is 1. The van der Waals surface area contributed by atoms with Gasteiger partial charge in [-0.25, -0.2) is 15.0 Å². The Kier molecular flexibility index (Phi) is 5.55. The summed E-state index contributed by atoms with van der Waals surface area (Å²) in [6.07, 6.45) is 4.08. The van der Waals surface area contributed by atoms with Gasteiger partial charge in [0.15, 0.2) is 0 Å². The molecule has 0 fully saturated rings. The fraction of sp³-hybridized carbons (Fsp3) is 0.471. The summed E-state index contributed by atoms with van der Waals surface area (Å²) < 4.78 is 5.72. The molecule has 124 valence electrons. The number of pyridine rings is 1. The first-order chi connectivity index (χ1) is 10.8. The average molecular weight is 335 g/mol. The molecule has 0 bridgehead atoms. The van der Waals surface area contributed by atoms with E-state index in [4.69, 9.17) is 22.1 Å². The molecule has 0 saturated heterocycles. The Morgan fingerprint density at radius 2 is 2.00 bits per heavy atom. The van der Waals surface area contributed by atoms with E-state index in [1.807, 2.05) is 19.9 Å². The molecule has 5 nitrogen and oxygen atoms in total. The van der Waals surface area contributed by atoms with Gasteiger partial charge < -0.3 is 10.5 Å². The summed E-state index contributed by atoms with van der Waals surface area (Å²) in [6.45, 7) is 8.51. The second-order valence-electron chi connectivity index (χ2n) is 6.60. The van der Waals surface area contributed by atoms with Gasteiger partial charge in [0.25, 0.3) is 0 Å². The molecule has 0 saturated carbocycles. The molecule has 6 heteroatoms. The zero-order valence-corrected chi connectivity index (χ0v) is 14.8. The summed E-state index contributed by atoms with van der Waals surface area (Å²) in [4.78, 5) is 12.6. The van der Waals surface area contributed by atoms with Crippen LogP contribution >= 0.6 is 11.6 Å². The number of aromatic nitrogens is 3. The van der Waals surface area contributed by atoms with E-state index >= 15 is 0 Å². The minimum Gasteiger partial charge on any atom is -0.475 e. The van der Waals surface area contributed by atoms with Crippen LogP contribution in [0.25, 0.3) is 11.3 Å². The lowest BCUT2D eigenvalue weighted by molar-refractivity contribution is 0.201. The van der Waals surface area contributed by atoms with Gasteiger partial charge in [0.2, 0.25) is 5.88 Å². The Balaban J connectivity index is 2.11. The molecule has 0 amide bonds. The molecule has 0 aliphatic rings. The van der Waals surface area contributed by atoms with Crippen molar-refractivity contribution in [2.45, 2.75) is 39.7 Å². The third kappa shape index (κ3) is 5.15. The predicted molar refractivity (Wildman–Crippen MR) is 92.6 cm³/mol. The van der Waals surface area contributed by atoms with Crippen molar-refractivity contribution in [2.75, 3.05) is 6.61 Å². The van der Waals surface area contributed by atoms with Crippen LogP contribution in [0, 0.1) is 12.8 Å². The summed E-state index contributed by atoms with van der Waals surface area (Å²) >= 11 is 6.28. The third-order valence-electron chi connectivity index (χ3n) is 3.32. The van der Waals surface area contributed by atoms with Gasteiger partial charge in [0.05, 0.1) is 5.69 Å². The van der Waals surface area contributed by atoms with E-state index in [1.54, 1.807) is 12.3 Å². The van der Waals surface area contributed by atoms with Crippen molar-refractivity contribution in [2.24, 2.45) is 11.7 Å². The number of nitrogens with two attached hydrogens (primary N) is 1. The van der Waals surface area contributed by atoms with Crippen LogP contribution in [-0.2, 0) is 0 Å². The van der Waals surface area contributed by atoms with Gasteiger partial charge in [-0.05, 0) is 38.3 Å². The Hall–Kier alpha value is -1.72. The van der Waals surface area contributed by atoms with Crippen molar-refractivity contribution in [1.82, 2.24) is 15.0 Å². The van der Waals surface area contributed by atoms with Gasteiger partial charge in [-0.2, -0.15) is 0 Å². The van der Waals surface area contributed by atoms with Gasteiger partial charge in [0, 0.05) is 23.0 Å². The van der Waals surface area contributed by atoms with E-state index in [-0.39, 0.29) is 0 Å². The highest BCUT2D eigenvalue weighted by molar-refractivity contribution is 6.32. The molecule has 23 heavy (non-hydrogen) atoms. The molecule has 2 N–H and O–H groups in total. The van der Waals surface area contributed by atoms with Gasteiger partial charge >= 0.3 is 0 Å². The summed E-state index contributed by atoms with van der Waals surface area (Å²) in [5.41, 5.74) is 8.32. The molecule has 2 aromatic heterocycles. The van der Waals surface area contributed by atoms with Crippen LogP contribution in [0.2, 0.25) is 5.02 Å². The third-order valence-corrected chi connectivity index (χ3v) is 3.59. The molecule has 0 aliphatic carbocycles. The van der Waals surface area contributed by atoms with E-state index in [1.165, 1.54) is 6.33 Å². The van der Waals surface area contributed by atoms with Crippen LogP contribution in [0.1, 0.15) is 32.9 Å². The Bertz CT molecular complexity index is 673. The molecule has 0 aromatic carbocycles. The van der Waals surface area contributed by atoms with Crippen molar-refractivity contribution in [3.05, 3.63) is 35.4 Å². The minimum atomic E-state index is -0.415. The maximum atomic E-state index is 6.28. The van der Waals surface area contributed by atoms with E-state index in [9.17, 15) is 0 Å². The van der Waals surface area contributed by atoms with E-state index in [2.05, 4.69) is 28.8 Å². The first-order valence-corrected chi connectivity index (χ1v) is 8.01. The average Bonchev–Trinajstić information content (AvgIpc) is 2.44. The topological polar surface area (TPSA) is 73.9 Å². The summed E-state index contributed by atoms with van der Waals surface area (Å²) in [7, 11) is 0. The Morgan fingerprint density at radius 3 is 2.61 bits per heavy atom. The molecular weight excluding hydrogens is 312 g/mol. The van der Waals surface area contributed by atoms with Gasteiger partial charge in [-0.3, -0.25) is 0 Å². The zero-order valence-electron chi connectivity index (χ0n) is 14.0. The largest absolute Gasteiger partial charge is 0.475 e. The first-order valence-electron chi connectivity index (χ1n) is 7.63. The maximum Gasteiger partial charge on any atom is 0.232 e. The number of nitrogens with zero attached hydrogens (tertiary/aromatic N) is 3. The van der Waals surface area contributed by atoms with Crippen LogP contribution in [0.4, 0.5) is 0 Å². The van der Waals surface area contributed by atoms with Crippen LogP contribution in [0.15, 0.2) is 24.7 Å². The molecule has 2 heterocycles. The first kappa shape index (κ1) is 17.6. The summed E-state index contributed by atoms with van der Waals surface area (Å²) in [5.74, 6) is 0.891.